The molecule has 0 bridgehead atoms. The lowest BCUT2D eigenvalue weighted by atomic mass is 9.97. The minimum atomic E-state index is -2.13. The summed E-state index contributed by atoms with van der Waals surface area (Å²) >= 11 is 0. The van der Waals surface area contributed by atoms with Gasteiger partial charge in [0.15, 0.2) is 11.9 Å². The number of esters is 1. The van der Waals surface area contributed by atoms with Crippen LogP contribution >= 0.6 is 0 Å². The van der Waals surface area contributed by atoms with Crippen molar-refractivity contribution in [3.8, 4) is 0 Å². The molecule has 0 aromatic carbocycles. The molecular weight excluding hydrogens is 452 g/mol. The molecule has 198 valence electrons. The number of hydrogen-bond acceptors (Lipinski definition) is 10. The van der Waals surface area contributed by atoms with E-state index in [1.807, 2.05) is 0 Å². The third-order valence-corrected chi connectivity index (χ3v) is 4.14. The zero-order valence-electron chi connectivity index (χ0n) is 20.8. The van der Waals surface area contributed by atoms with Gasteiger partial charge in [0.05, 0.1) is 0 Å². The van der Waals surface area contributed by atoms with E-state index in [4.69, 9.17) is 9.47 Å². The number of rotatable bonds is 13. The molecule has 0 fully saturated rings. The summed E-state index contributed by atoms with van der Waals surface area (Å²) in [6.45, 7) is 10.3. The molecule has 0 saturated heterocycles. The van der Waals surface area contributed by atoms with Crippen LogP contribution in [0.2, 0.25) is 0 Å². The molecule has 6 N–H and O–H groups in total. The van der Waals surface area contributed by atoms with E-state index >= 15 is 0 Å². The van der Waals surface area contributed by atoms with E-state index in [1.54, 1.807) is 41.5 Å². The second-order valence-electron chi connectivity index (χ2n) is 9.85. The van der Waals surface area contributed by atoms with Crippen LogP contribution in [-0.4, -0.2) is 92.9 Å². The van der Waals surface area contributed by atoms with E-state index in [-0.39, 0.29) is 38.8 Å². The Morgan fingerprint density at radius 2 is 1.18 bits per heavy atom. The Kier molecular flexibility index (Phi) is 13.2. The topological polar surface area (TPSA) is 192 Å². The molecule has 0 radical (unpaired) electrons. The predicted octanol–water partition coefficient (Wildman–Crippen LogP) is -0.458. The summed E-state index contributed by atoms with van der Waals surface area (Å²) < 4.78 is 10.1. The highest BCUT2D eigenvalue weighted by molar-refractivity contribution is 5.84. The second kappa shape index (κ2) is 14.2. The largest absolute Gasteiger partial charge is 0.460 e. The minimum Gasteiger partial charge on any atom is -0.460 e. The van der Waals surface area contributed by atoms with Crippen LogP contribution in [0.3, 0.4) is 0 Å². The fourth-order valence-electron chi connectivity index (χ4n) is 2.58. The Hall–Kier alpha value is -2.28. The summed E-state index contributed by atoms with van der Waals surface area (Å²) in [4.78, 5) is 47.1. The normalized spacial score (nSPS) is 15.5. The van der Waals surface area contributed by atoms with Gasteiger partial charge in [0.1, 0.15) is 29.5 Å². The summed E-state index contributed by atoms with van der Waals surface area (Å²) in [7, 11) is 0. The molecule has 0 aliphatic carbocycles. The first-order valence-electron chi connectivity index (χ1n) is 11.2. The molecule has 0 saturated carbocycles. The number of amides is 2. The van der Waals surface area contributed by atoms with Crippen LogP contribution in [0.1, 0.15) is 67.2 Å². The molecule has 0 rings (SSSR count). The number of Topliss-reactive ketones (excluding diaryl/α,β-unsaturated/α-hetero) is 1. The molecule has 0 aliphatic heterocycles. The summed E-state index contributed by atoms with van der Waals surface area (Å²) in [5.41, 5.74) is -1.31. The number of ketones is 1. The van der Waals surface area contributed by atoms with Gasteiger partial charge >= 0.3 is 12.1 Å². The first kappa shape index (κ1) is 31.7. The van der Waals surface area contributed by atoms with Crippen LogP contribution in [0.4, 0.5) is 4.79 Å². The molecule has 0 unspecified atom stereocenters. The monoisotopic (exact) mass is 492 g/mol. The number of aliphatic hydroxyl groups excluding tert-OH is 4. The lowest BCUT2D eigenvalue weighted by Gasteiger charge is -2.25. The SMILES string of the molecule is CC(C)(C)OC(=O)CCCNC(=O)[C@H](O)[C@@H](O)[C@@H](O)[C@H](O)C(=O)CCCNC(=O)OC(C)(C)C. The van der Waals surface area contributed by atoms with Gasteiger partial charge in [-0.1, -0.05) is 0 Å². The molecule has 2 amide bonds. The summed E-state index contributed by atoms with van der Waals surface area (Å²) in [5.74, 6) is -2.35. The first-order valence-corrected chi connectivity index (χ1v) is 11.2. The molecule has 12 heteroatoms. The lowest BCUT2D eigenvalue weighted by molar-refractivity contribution is -0.155. The average Bonchev–Trinajstić information content (AvgIpc) is 2.69. The maximum Gasteiger partial charge on any atom is 0.407 e. The van der Waals surface area contributed by atoms with Crippen molar-refractivity contribution in [1.82, 2.24) is 10.6 Å². The van der Waals surface area contributed by atoms with Gasteiger partial charge in [-0.3, -0.25) is 14.4 Å². The molecule has 0 heterocycles. The van der Waals surface area contributed by atoms with Crippen molar-refractivity contribution in [3.63, 3.8) is 0 Å². The van der Waals surface area contributed by atoms with Gasteiger partial charge in [0, 0.05) is 25.9 Å². The van der Waals surface area contributed by atoms with E-state index in [0.29, 0.717) is 0 Å². The summed E-state index contributed by atoms with van der Waals surface area (Å²) in [5, 5.41) is 44.6. The molecular formula is C22H40N2O10. The molecule has 0 aromatic heterocycles. The highest BCUT2D eigenvalue weighted by atomic mass is 16.6. The van der Waals surface area contributed by atoms with Gasteiger partial charge in [0.2, 0.25) is 0 Å². The number of carbonyl (C=O) groups is 4. The fraction of sp³-hybridized carbons (Fsp3) is 0.818. The fourth-order valence-corrected chi connectivity index (χ4v) is 2.58. The maximum absolute atomic E-state index is 12.0. The Bertz CT molecular complexity index is 626. The number of aliphatic hydroxyl groups is 4. The highest BCUT2D eigenvalue weighted by Crippen LogP contribution is 2.11. The summed E-state index contributed by atoms with van der Waals surface area (Å²) in [6.07, 6.45) is -8.97. The van der Waals surface area contributed by atoms with Crippen LogP contribution in [0.15, 0.2) is 0 Å². The third kappa shape index (κ3) is 14.1. The van der Waals surface area contributed by atoms with Gasteiger partial charge in [-0.25, -0.2) is 4.79 Å². The average molecular weight is 493 g/mol. The van der Waals surface area contributed by atoms with E-state index in [9.17, 15) is 39.6 Å². The van der Waals surface area contributed by atoms with E-state index in [0.717, 1.165) is 0 Å². The van der Waals surface area contributed by atoms with Crippen molar-refractivity contribution in [2.24, 2.45) is 0 Å². The number of nitrogens with one attached hydrogen (secondary N) is 2. The van der Waals surface area contributed by atoms with Crippen LogP contribution < -0.4 is 10.6 Å². The van der Waals surface area contributed by atoms with E-state index < -0.39 is 59.4 Å². The molecule has 4 atom stereocenters. The molecule has 0 aliphatic rings. The van der Waals surface area contributed by atoms with Crippen molar-refractivity contribution < 1.29 is 49.1 Å². The first-order chi connectivity index (χ1) is 15.4. The van der Waals surface area contributed by atoms with Crippen molar-refractivity contribution in [2.45, 2.75) is 103 Å². The van der Waals surface area contributed by atoms with Gasteiger partial charge < -0.3 is 40.5 Å². The molecule has 12 nitrogen and oxygen atoms in total. The number of ether oxygens (including phenoxy) is 2. The van der Waals surface area contributed by atoms with Crippen molar-refractivity contribution in [3.05, 3.63) is 0 Å². The Morgan fingerprint density at radius 3 is 1.71 bits per heavy atom. The van der Waals surface area contributed by atoms with E-state index in [1.165, 1.54) is 0 Å². The molecule has 0 spiro atoms. The van der Waals surface area contributed by atoms with Crippen LogP contribution in [0.5, 0.6) is 0 Å². The zero-order chi connectivity index (χ0) is 26.7. The van der Waals surface area contributed by atoms with Gasteiger partial charge in [-0.05, 0) is 54.4 Å². The van der Waals surface area contributed by atoms with Crippen molar-refractivity contribution in [1.29, 1.82) is 0 Å². The van der Waals surface area contributed by atoms with Crippen LogP contribution in [-0.2, 0) is 23.9 Å². The van der Waals surface area contributed by atoms with Crippen molar-refractivity contribution in [2.75, 3.05) is 13.1 Å². The Balaban J connectivity index is 4.38. The van der Waals surface area contributed by atoms with Crippen molar-refractivity contribution >= 4 is 23.8 Å². The Labute approximate surface area is 200 Å². The van der Waals surface area contributed by atoms with Gasteiger partial charge in [0.25, 0.3) is 5.91 Å². The number of carbonyl (C=O) groups excluding carboxylic acids is 4. The standard InChI is InChI=1S/C22H40N2O10/c1-21(2,3)33-14(26)10-8-11-23-19(31)18(30)17(29)16(28)15(27)13(25)9-7-12-24-20(32)34-22(4,5)6/h15-18,27-30H,7-12H2,1-6H3,(H,23,31)(H,24,32)/t15-,16+,17+,18-/m1/s1. The molecule has 34 heavy (non-hydrogen) atoms. The third-order valence-electron chi connectivity index (χ3n) is 4.14. The lowest BCUT2D eigenvalue weighted by Crippen LogP contribution is -2.52. The van der Waals surface area contributed by atoms with E-state index in [2.05, 4.69) is 10.6 Å². The smallest absolute Gasteiger partial charge is 0.407 e. The predicted molar refractivity (Wildman–Crippen MR) is 121 cm³/mol. The van der Waals surface area contributed by atoms with Crippen LogP contribution in [0.25, 0.3) is 0 Å². The van der Waals surface area contributed by atoms with Gasteiger partial charge in [-0.15, -0.1) is 0 Å². The summed E-state index contributed by atoms with van der Waals surface area (Å²) in [6, 6.07) is 0. The Morgan fingerprint density at radius 1 is 0.706 bits per heavy atom. The van der Waals surface area contributed by atoms with Gasteiger partial charge in [-0.2, -0.15) is 0 Å². The number of alkyl carbamates (subject to hydrolysis) is 1. The molecule has 0 aromatic rings. The zero-order valence-corrected chi connectivity index (χ0v) is 20.8. The second-order valence-corrected chi connectivity index (χ2v) is 9.85. The van der Waals surface area contributed by atoms with Crippen LogP contribution in [0, 0.1) is 0 Å². The maximum atomic E-state index is 12.0. The highest BCUT2D eigenvalue weighted by Gasteiger charge is 2.37. The quantitative estimate of drug-likeness (QED) is 0.145. The number of hydrogen-bond donors (Lipinski definition) is 6. The minimum absolute atomic E-state index is 0.00984.